The number of benzene rings is 1. The van der Waals surface area contributed by atoms with Crippen LogP contribution in [-0.2, 0) is 21.4 Å². The number of ether oxygens (including phenoxy) is 1. The van der Waals surface area contributed by atoms with Gasteiger partial charge in [-0.1, -0.05) is 12.1 Å². The smallest absolute Gasteiger partial charge is 0.261 e. The summed E-state index contributed by atoms with van der Waals surface area (Å²) in [5.41, 5.74) is 0.728. The van der Waals surface area contributed by atoms with E-state index in [-0.39, 0.29) is 6.54 Å². The van der Waals surface area contributed by atoms with Crippen molar-refractivity contribution in [3.63, 3.8) is 0 Å². The molecule has 2 rings (SSSR count). The van der Waals surface area contributed by atoms with Crippen LogP contribution in [0.2, 0.25) is 0 Å². The maximum atomic E-state index is 11.5. The molecule has 1 heterocycles. The Labute approximate surface area is 99.4 Å². The summed E-state index contributed by atoms with van der Waals surface area (Å²) in [5.74, 6) is 0.170. The fourth-order valence-electron chi connectivity index (χ4n) is 1.49. The van der Waals surface area contributed by atoms with E-state index in [0.29, 0.717) is 5.75 Å². The molecule has 0 saturated heterocycles. The first-order chi connectivity index (χ1) is 8.03. The van der Waals surface area contributed by atoms with Crippen LogP contribution in [0.5, 0.6) is 5.75 Å². The lowest BCUT2D eigenvalue weighted by molar-refractivity contribution is -0.121. The van der Waals surface area contributed by atoms with Crippen molar-refractivity contribution in [1.29, 1.82) is 0 Å². The standard InChI is InChI=1S/C11H11NO4S/c1-16-10-4-2-9(3-5-10)8-12-11(13)6-7-17(12,14)15/h2-7H,8H2,1H3. The molecule has 6 heteroatoms. The highest BCUT2D eigenvalue weighted by atomic mass is 32.2. The van der Waals surface area contributed by atoms with Crippen LogP contribution in [0.25, 0.3) is 0 Å². The van der Waals surface area contributed by atoms with Crippen LogP contribution in [0, 0.1) is 0 Å². The van der Waals surface area contributed by atoms with Gasteiger partial charge in [0.1, 0.15) is 5.75 Å². The summed E-state index contributed by atoms with van der Waals surface area (Å²) in [4.78, 5) is 11.4. The summed E-state index contributed by atoms with van der Waals surface area (Å²) in [6.45, 7) is 0.0398. The van der Waals surface area contributed by atoms with E-state index in [1.807, 2.05) is 0 Å². The van der Waals surface area contributed by atoms with Gasteiger partial charge in [0.2, 0.25) is 0 Å². The highest BCUT2D eigenvalue weighted by Crippen LogP contribution is 2.18. The Morgan fingerprint density at radius 1 is 1.24 bits per heavy atom. The normalized spacial score (nSPS) is 17.5. The van der Waals surface area contributed by atoms with Gasteiger partial charge in [-0.2, -0.15) is 0 Å². The Kier molecular flexibility index (Phi) is 2.89. The molecule has 0 spiro atoms. The molecule has 90 valence electrons. The van der Waals surface area contributed by atoms with Gasteiger partial charge >= 0.3 is 0 Å². The lowest BCUT2D eigenvalue weighted by Gasteiger charge is -2.14. The van der Waals surface area contributed by atoms with Crippen LogP contribution >= 0.6 is 0 Å². The van der Waals surface area contributed by atoms with Crippen molar-refractivity contribution in [3.8, 4) is 5.75 Å². The number of sulfonamides is 1. The van der Waals surface area contributed by atoms with E-state index in [9.17, 15) is 13.2 Å². The molecule has 0 fully saturated rings. The van der Waals surface area contributed by atoms with Crippen LogP contribution in [-0.4, -0.2) is 25.7 Å². The van der Waals surface area contributed by atoms with Crippen molar-refractivity contribution in [2.45, 2.75) is 6.54 Å². The third kappa shape index (κ3) is 2.31. The van der Waals surface area contributed by atoms with Crippen molar-refractivity contribution in [2.24, 2.45) is 0 Å². The molecule has 0 unspecified atom stereocenters. The number of methoxy groups -OCH3 is 1. The van der Waals surface area contributed by atoms with Gasteiger partial charge < -0.3 is 4.74 Å². The third-order valence-electron chi connectivity index (χ3n) is 2.42. The number of hydrogen-bond donors (Lipinski definition) is 0. The number of carbonyl (C=O) groups is 1. The average molecular weight is 253 g/mol. The van der Waals surface area contributed by atoms with E-state index in [1.165, 1.54) is 0 Å². The third-order valence-corrected chi connectivity index (χ3v) is 3.82. The van der Waals surface area contributed by atoms with Gasteiger partial charge in [0.15, 0.2) is 0 Å². The maximum Gasteiger partial charge on any atom is 0.261 e. The quantitative estimate of drug-likeness (QED) is 0.802. The van der Waals surface area contributed by atoms with Crippen LogP contribution < -0.4 is 4.74 Å². The minimum Gasteiger partial charge on any atom is -0.497 e. The van der Waals surface area contributed by atoms with Gasteiger partial charge in [0, 0.05) is 6.08 Å². The molecular formula is C11H11NO4S. The van der Waals surface area contributed by atoms with E-state index in [2.05, 4.69) is 0 Å². The Bertz CT molecular complexity index is 560. The van der Waals surface area contributed by atoms with Crippen molar-refractivity contribution >= 4 is 15.9 Å². The lowest BCUT2D eigenvalue weighted by Crippen LogP contribution is -2.29. The van der Waals surface area contributed by atoms with Gasteiger partial charge in [0.05, 0.1) is 19.1 Å². The Hall–Kier alpha value is -1.82. The molecular weight excluding hydrogens is 242 g/mol. The number of hydrogen-bond acceptors (Lipinski definition) is 4. The largest absolute Gasteiger partial charge is 0.497 e. The zero-order valence-electron chi connectivity index (χ0n) is 9.16. The van der Waals surface area contributed by atoms with Crippen LogP contribution in [0.15, 0.2) is 35.7 Å². The lowest BCUT2D eigenvalue weighted by atomic mass is 10.2. The Morgan fingerprint density at radius 2 is 1.88 bits per heavy atom. The first kappa shape index (κ1) is 11.7. The van der Waals surface area contributed by atoms with Gasteiger partial charge in [-0.25, -0.2) is 12.7 Å². The number of rotatable bonds is 3. The molecule has 1 aliphatic rings. The van der Waals surface area contributed by atoms with Gasteiger partial charge in [-0.15, -0.1) is 0 Å². The predicted molar refractivity (Wildman–Crippen MR) is 61.6 cm³/mol. The number of amides is 1. The fraction of sp³-hybridized carbons (Fsp3) is 0.182. The van der Waals surface area contributed by atoms with Crippen LogP contribution in [0.3, 0.4) is 0 Å². The molecule has 0 radical (unpaired) electrons. The topological polar surface area (TPSA) is 63.7 Å². The molecule has 0 aliphatic carbocycles. The van der Waals surface area contributed by atoms with Crippen molar-refractivity contribution in [1.82, 2.24) is 4.31 Å². The second-order valence-electron chi connectivity index (χ2n) is 3.54. The Morgan fingerprint density at radius 3 is 2.35 bits per heavy atom. The minimum atomic E-state index is -3.58. The highest BCUT2D eigenvalue weighted by Gasteiger charge is 2.29. The van der Waals surface area contributed by atoms with Crippen molar-refractivity contribution in [2.75, 3.05) is 7.11 Å². The molecule has 0 saturated carbocycles. The first-order valence-electron chi connectivity index (χ1n) is 4.90. The summed E-state index contributed by atoms with van der Waals surface area (Å²) >= 11 is 0. The van der Waals surface area contributed by atoms with E-state index in [1.54, 1.807) is 31.4 Å². The van der Waals surface area contributed by atoms with Gasteiger partial charge in [-0.05, 0) is 17.7 Å². The molecule has 1 aromatic carbocycles. The van der Waals surface area contributed by atoms with Crippen LogP contribution in [0.1, 0.15) is 5.56 Å². The zero-order chi connectivity index (χ0) is 12.5. The van der Waals surface area contributed by atoms with Crippen LogP contribution in [0.4, 0.5) is 0 Å². The van der Waals surface area contributed by atoms with Crippen molar-refractivity contribution < 1.29 is 17.9 Å². The minimum absolute atomic E-state index is 0.0398. The van der Waals surface area contributed by atoms with Gasteiger partial charge in [0.25, 0.3) is 15.9 Å². The summed E-state index contributed by atoms with van der Waals surface area (Å²) in [7, 11) is -2.03. The molecule has 17 heavy (non-hydrogen) atoms. The molecule has 1 aliphatic heterocycles. The zero-order valence-corrected chi connectivity index (χ0v) is 9.98. The monoisotopic (exact) mass is 253 g/mol. The molecule has 5 nitrogen and oxygen atoms in total. The summed E-state index contributed by atoms with van der Waals surface area (Å²) in [6.07, 6.45) is 1.05. The fourth-order valence-corrected chi connectivity index (χ4v) is 2.57. The second-order valence-corrected chi connectivity index (χ2v) is 5.28. The molecule has 0 atom stereocenters. The van der Waals surface area contributed by atoms with E-state index in [0.717, 1.165) is 21.4 Å². The Balaban J connectivity index is 2.18. The predicted octanol–water partition coefficient (Wildman–Crippen LogP) is 0.881. The second kappa shape index (κ2) is 4.21. The average Bonchev–Trinajstić information content (AvgIpc) is 2.57. The molecule has 0 N–H and O–H groups in total. The SMILES string of the molecule is COc1ccc(CN2C(=O)C=CS2(=O)=O)cc1. The maximum absolute atomic E-state index is 11.5. The molecule has 0 bridgehead atoms. The van der Waals surface area contributed by atoms with E-state index >= 15 is 0 Å². The molecule has 1 aromatic rings. The first-order valence-corrected chi connectivity index (χ1v) is 6.41. The molecule has 1 amide bonds. The molecule has 0 aromatic heterocycles. The van der Waals surface area contributed by atoms with E-state index in [4.69, 9.17) is 4.74 Å². The number of carbonyl (C=O) groups excluding carboxylic acids is 1. The summed E-state index contributed by atoms with van der Waals surface area (Å²) in [5, 5.41) is 0.916. The highest BCUT2D eigenvalue weighted by molar-refractivity contribution is 7.93. The van der Waals surface area contributed by atoms with Gasteiger partial charge in [-0.3, -0.25) is 4.79 Å². The van der Waals surface area contributed by atoms with E-state index < -0.39 is 15.9 Å². The van der Waals surface area contributed by atoms with Crippen molar-refractivity contribution in [3.05, 3.63) is 41.3 Å². The summed E-state index contributed by atoms with van der Waals surface area (Å²) < 4.78 is 28.8. The summed E-state index contributed by atoms with van der Waals surface area (Å²) in [6, 6.07) is 6.88. The number of nitrogens with zero attached hydrogens (tertiary/aromatic N) is 1.